The van der Waals surface area contributed by atoms with Crippen molar-refractivity contribution >= 4 is 28.5 Å². The van der Waals surface area contributed by atoms with Crippen LogP contribution in [-0.4, -0.2) is 12.9 Å². The van der Waals surface area contributed by atoms with E-state index in [1.54, 1.807) is 14.0 Å². The highest BCUT2D eigenvalue weighted by atomic mass is 32.1. The van der Waals surface area contributed by atoms with Crippen molar-refractivity contribution in [1.82, 2.24) is 0 Å². The number of ketones is 1. The maximum absolute atomic E-state index is 11.3. The lowest BCUT2D eigenvalue weighted by Crippen LogP contribution is -1.83. The summed E-state index contributed by atoms with van der Waals surface area (Å²) < 4.78 is 5.16. The Kier molecular flexibility index (Phi) is 5.36. The summed E-state index contributed by atoms with van der Waals surface area (Å²) in [6.45, 7) is 1.56. The van der Waals surface area contributed by atoms with Gasteiger partial charge in [0.15, 0.2) is 10.8 Å². The number of ether oxygens (including phenoxy) is 1. The number of benzene rings is 1. The molecule has 0 saturated carbocycles. The summed E-state index contributed by atoms with van der Waals surface area (Å²) in [5, 5.41) is 0.858. The number of carbonyl (C=O) groups is 1. The predicted molar refractivity (Wildman–Crippen MR) is 104 cm³/mol. The van der Waals surface area contributed by atoms with Crippen molar-refractivity contribution in [2.75, 3.05) is 7.11 Å². The van der Waals surface area contributed by atoms with E-state index in [0.29, 0.717) is 0 Å². The lowest BCUT2D eigenvalue weighted by molar-refractivity contribution is 0.102. The molecule has 0 unspecified atom stereocenters. The third kappa shape index (κ3) is 4.61. The minimum absolute atomic E-state index is 0.0735. The molecule has 0 aliphatic heterocycles. The summed E-state index contributed by atoms with van der Waals surface area (Å²) in [7, 11) is 1.65. The number of carbonyl (C=O) groups excluding carboxylic acids is 1. The van der Waals surface area contributed by atoms with Gasteiger partial charge < -0.3 is 4.74 Å². The minimum Gasteiger partial charge on any atom is -0.487 e. The first-order valence-electron chi connectivity index (χ1n) is 7.53. The van der Waals surface area contributed by atoms with Gasteiger partial charge in [-0.15, -0.1) is 11.3 Å². The highest BCUT2D eigenvalue weighted by Gasteiger charge is 2.01. The summed E-state index contributed by atoms with van der Waals surface area (Å²) in [5.41, 5.74) is 1.86. The van der Waals surface area contributed by atoms with Crippen LogP contribution >= 0.6 is 22.7 Å². The van der Waals surface area contributed by atoms with E-state index in [1.165, 1.54) is 22.7 Å². The third-order valence-electron chi connectivity index (χ3n) is 3.28. The zero-order valence-electron chi connectivity index (χ0n) is 13.8. The van der Waals surface area contributed by atoms with E-state index < -0.39 is 0 Å². The van der Waals surface area contributed by atoms with Crippen LogP contribution in [0, 0.1) is 23.7 Å². The van der Waals surface area contributed by atoms with Crippen molar-refractivity contribution in [3.8, 4) is 28.7 Å². The molecule has 0 fully saturated rings. The Balaban J connectivity index is 1.70. The normalized spacial score (nSPS) is 9.52. The second kappa shape index (κ2) is 7.85. The van der Waals surface area contributed by atoms with Gasteiger partial charge in [0, 0.05) is 11.1 Å². The summed E-state index contributed by atoms with van der Waals surface area (Å²) in [4.78, 5) is 13.9. The first-order chi connectivity index (χ1) is 12.1. The van der Waals surface area contributed by atoms with Crippen LogP contribution < -0.4 is 4.74 Å². The predicted octanol–water partition coefficient (Wildman–Crippen LogP) is 4.82. The molecule has 3 rings (SSSR count). The lowest BCUT2D eigenvalue weighted by atomic mass is 10.1. The molecule has 25 heavy (non-hydrogen) atoms. The van der Waals surface area contributed by atoms with E-state index in [-0.39, 0.29) is 5.78 Å². The van der Waals surface area contributed by atoms with Crippen LogP contribution in [0.15, 0.2) is 48.5 Å². The Morgan fingerprint density at radius 2 is 1.36 bits per heavy atom. The standard InChI is InChI=1S/C21H14O2S2/c1-15(22)20-13-11-18(24-20)9-7-16-3-5-17(6-4-16)8-10-19-12-14-21(23-2)25-19/h3-6,11-14H,1-2H3. The van der Waals surface area contributed by atoms with Crippen LogP contribution in [0.1, 0.15) is 37.5 Å². The average molecular weight is 362 g/mol. The van der Waals surface area contributed by atoms with Gasteiger partial charge in [0.25, 0.3) is 0 Å². The largest absolute Gasteiger partial charge is 0.487 e. The van der Waals surface area contributed by atoms with Gasteiger partial charge in [0.1, 0.15) is 0 Å². The Morgan fingerprint density at radius 1 is 0.800 bits per heavy atom. The number of hydrogen-bond acceptors (Lipinski definition) is 4. The van der Waals surface area contributed by atoms with Gasteiger partial charge in [0.2, 0.25) is 0 Å². The van der Waals surface area contributed by atoms with Crippen molar-refractivity contribution in [3.05, 3.63) is 74.3 Å². The first kappa shape index (κ1) is 17.0. The molecule has 0 amide bonds. The van der Waals surface area contributed by atoms with Gasteiger partial charge >= 0.3 is 0 Å². The number of hydrogen-bond donors (Lipinski definition) is 0. The fraction of sp³-hybridized carbons (Fsp3) is 0.0952. The van der Waals surface area contributed by atoms with Crippen LogP contribution in [0.3, 0.4) is 0 Å². The van der Waals surface area contributed by atoms with Crippen LogP contribution in [-0.2, 0) is 0 Å². The molecular formula is C21H14O2S2. The third-order valence-corrected chi connectivity index (χ3v) is 5.34. The Bertz CT molecular complexity index is 1020. The fourth-order valence-corrected chi connectivity index (χ4v) is 3.42. The topological polar surface area (TPSA) is 26.3 Å². The number of thiophene rings is 2. The minimum atomic E-state index is 0.0735. The monoisotopic (exact) mass is 362 g/mol. The number of Topliss-reactive ketones (excluding diaryl/α,β-unsaturated/α-hetero) is 1. The first-order valence-corrected chi connectivity index (χ1v) is 9.16. The highest BCUT2D eigenvalue weighted by molar-refractivity contribution is 7.14. The molecule has 2 aromatic heterocycles. The lowest BCUT2D eigenvalue weighted by Gasteiger charge is -1.91. The van der Waals surface area contributed by atoms with Crippen LogP contribution in [0.2, 0.25) is 0 Å². The van der Waals surface area contributed by atoms with E-state index in [9.17, 15) is 4.79 Å². The summed E-state index contributed by atoms with van der Waals surface area (Å²) in [5.74, 6) is 12.5. The quantitative estimate of drug-likeness (QED) is 0.483. The van der Waals surface area contributed by atoms with E-state index in [2.05, 4.69) is 23.7 Å². The summed E-state index contributed by atoms with van der Waals surface area (Å²) in [6, 6.07) is 15.4. The van der Waals surface area contributed by atoms with Gasteiger partial charge in [-0.1, -0.05) is 35.0 Å². The van der Waals surface area contributed by atoms with E-state index in [1.807, 2.05) is 48.5 Å². The van der Waals surface area contributed by atoms with E-state index in [0.717, 1.165) is 30.8 Å². The van der Waals surface area contributed by atoms with Gasteiger partial charge in [-0.2, -0.15) is 0 Å². The molecule has 0 saturated heterocycles. The highest BCUT2D eigenvalue weighted by Crippen LogP contribution is 2.22. The van der Waals surface area contributed by atoms with Crippen molar-refractivity contribution < 1.29 is 9.53 Å². The molecule has 0 aliphatic rings. The molecule has 0 N–H and O–H groups in total. The maximum atomic E-state index is 11.3. The molecule has 1 aromatic carbocycles. The van der Waals surface area contributed by atoms with Crippen molar-refractivity contribution in [1.29, 1.82) is 0 Å². The van der Waals surface area contributed by atoms with E-state index in [4.69, 9.17) is 4.74 Å². The molecule has 4 heteroatoms. The zero-order valence-corrected chi connectivity index (χ0v) is 15.4. The molecule has 122 valence electrons. The molecule has 0 atom stereocenters. The van der Waals surface area contributed by atoms with Crippen LogP contribution in [0.5, 0.6) is 5.06 Å². The summed E-state index contributed by atoms with van der Waals surface area (Å²) >= 11 is 2.94. The number of methoxy groups -OCH3 is 1. The van der Waals surface area contributed by atoms with Gasteiger partial charge in [-0.3, -0.25) is 4.79 Å². The second-order valence-corrected chi connectivity index (χ2v) is 7.25. The Labute approximate surface area is 155 Å². The van der Waals surface area contributed by atoms with Gasteiger partial charge in [0.05, 0.1) is 21.7 Å². The van der Waals surface area contributed by atoms with Crippen LogP contribution in [0.4, 0.5) is 0 Å². The Hall–Kier alpha value is -2.79. The average Bonchev–Trinajstić information content (AvgIpc) is 3.28. The molecule has 2 heterocycles. The zero-order chi connectivity index (χ0) is 17.6. The Morgan fingerprint density at radius 3 is 1.84 bits per heavy atom. The maximum Gasteiger partial charge on any atom is 0.174 e. The van der Waals surface area contributed by atoms with E-state index >= 15 is 0 Å². The van der Waals surface area contributed by atoms with Crippen molar-refractivity contribution in [2.24, 2.45) is 0 Å². The van der Waals surface area contributed by atoms with Crippen LogP contribution in [0.25, 0.3) is 0 Å². The molecule has 0 spiro atoms. The van der Waals surface area contributed by atoms with Crippen molar-refractivity contribution in [2.45, 2.75) is 6.92 Å². The molecule has 0 radical (unpaired) electrons. The summed E-state index contributed by atoms with van der Waals surface area (Å²) in [6.07, 6.45) is 0. The van der Waals surface area contributed by atoms with Gasteiger partial charge in [-0.05, 0) is 55.5 Å². The van der Waals surface area contributed by atoms with Gasteiger partial charge in [-0.25, -0.2) is 0 Å². The molecule has 0 bridgehead atoms. The second-order valence-electron chi connectivity index (χ2n) is 5.12. The smallest absolute Gasteiger partial charge is 0.174 e. The number of rotatable bonds is 2. The fourth-order valence-electron chi connectivity index (χ4n) is 2.00. The van der Waals surface area contributed by atoms with Crippen molar-refractivity contribution in [3.63, 3.8) is 0 Å². The SMILES string of the molecule is COc1ccc(C#Cc2ccc(C#Cc3ccc(C(C)=O)s3)cc2)s1. The molecule has 0 aliphatic carbocycles. The molecular weight excluding hydrogens is 348 g/mol. The molecule has 3 aromatic rings. The molecule has 2 nitrogen and oxygen atoms in total.